The Hall–Kier alpha value is -2.17. The summed E-state index contributed by atoms with van der Waals surface area (Å²) in [6.45, 7) is 10.8. The molecule has 0 aliphatic rings. The molecule has 0 saturated carbocycles. The SMILES string of the molecule is CC(C)CC(CNC(=O)OC(C)(C)C)Cc1nnnn1CCC#N. The molecule has 1 rings (SSSR count). The lowest BCUT2D eigenvalue weighted by Gasteiger charge is -2.22. The smallest absolute Gasteiger partial charge is 0.407 e. The van der Waals surface area contributed by atoms with E-state index in [-0.39, 0.29) is 5.92 Å². The van der Waals surface area contributed by atoms with Crippen LogP contribution in [0.15, 0.2) is 0 Å². The van der Waals surface area contributed by atoms with Gasteiger partial charge in [-0.3, -0.25) is 0 Å². The van der Waals surface area contributed by atoms with E-state index in [0.29, 0.717) is 31.8 Å². The van der Waals surface area contributed by atoms with Crippen molar-refractivity contribution >= 4 is 6.09 Å². The number of nitriles is 1. The maximum atomic E-state index is 11.8. The summed E-state index contributed by atoms with van der Waals surface area (Å²) < 4.78 is 6.93. The van der Waals surface area contributed by atoms with E-state index in [1.54, 1.807) is 4.68 Å². The predicted molar refractivity (Wildman–Crippen MR) is 88.9 cm³/mol. The molecule has 1 N–H and O–H groups in total. The molecule has 1 aromatic heterocycles. The topological polar surface area (TPSA) is 106 Å². The molecule has 0 aliphatic carbocycles. The van der Waals surface area contributed by atoms with Gasteiger partial charge in [0.1, 0.15) is 5.60 Å². The van der Waals surface area contributed by atoms with Crippen LogP contribution < -0.4 is 5.32 Å². The minimum atomic E-state index is -0.515. The normalized spacial score (nSPS) is 12.7. The van der Waals surface area contributed by atoms with E-state index < -0.39 is 11.7 Å². The fraction of sp³-hybridized carbons (Fsp3) is 0.812. The zero-order valence-corrected chi connectivity index (χ0v) is 15.2. The first-order valence-electron chi connectivity index (χ1n) is 8.30. The van der Waals surface area contributed by atoms with Crippen molar-refractivity contribution in [3.8, 4) is 6.07 Å². The zero-order valence-electron chi connectivity index (χ0n) is 15.2. The predicted octanol–water partition coefficient (Wildman–Crippen LogP) is 2.32. The molecule has 1 amide bonds. The third kappa shape index (κ3) is 7.90. The van der Waals surface area contributed by atoms with E-state index in [1.807, 2.05) is 20.8 Å². The van der Waals surface area contributed by atoms with Gasteiger partial charge in [-0.05, 0) is 49.5 Å². The highest BCUT2D eigenvalue weighted by Gasteiger charge is 2.20. The average Bonchev–Trinajstić information content (AvgIpc) is 2.87. The first-order chi connectivity index (χ1) is 11.2. The Morgan fingerprint density at radius 1 is 1.42 bits per heavy atom. The number of carbonyl (C=O) groups is 1. The van der Waals surface area contributed by atoms with Gasteiger partial charge in [0, 0.05) is 13.0 Å². The van der Waals surface area contributed by atoms with Crippen LogP contribution >= 0.6 is 0 Å². The summed E-state index contributed by atoms with van der Waals surface area (Å²) in [6, 6.07) is 2.09. The van der Waals surface area contributed by atoms with Gasteiger partial charge in [-0.1, -0.05) is 13.8 Å². The van der Waals surface area contributed by atoms with Gasteiger partial charge < -0.3 is 10.1 Å². The molecule has 1 heterocycles. The fourth-order valence-corrected chi connectivity index (χ4v) is 2.40. The maximum Gasteiger partial charge on any atom is 0.407 e. The Labute approximate surface area is 143 Å². The molecular formula is C16H28N6O2. The number of nitrogens with one attached hydrogen (secondary N) is 1. The first kappa shape index (κ1) is 19.9. The number of alkyl carbamates (subject to hydrolysis) is 1. The Morgan fingerprint density at radius 2 is 2.12 bits per heavy atom. The first-order valence-corrected chi connectivity index (χ1v) is 8.30. The van der Waals surface area contributed by atoms with E-state index in [9.17, 15) is 4.79 Å². The minimum absolute atomic E-state index is 0.198. The molecule has 0 fully saturated rings. The van der Waals surface area contributed by atoms with Crippen molar-refractivity contribution in [2.45, 2.75) is 66.0 Å². The summed E-state index contributed by atoms with van der Waals surface area (Å²) in [7, 11) is 0. The van der Waals surface area contributed by atoms with Crippen molar-refractivity contribution in [2.75, 3.05) is 6.54 Å². The summed E-state index contributed by atoms with van der Waals surface area (Å²) in [4.78, 5) is 11.8. The number of aromatic nitrogens is 4. The number of aryl methyl sites for hydroxylation is 1. The van der Waals surface area contributed by atoms with Crippen LogP contribution in [-0.2, 0) is 17.7 Å². The lowest BCUT2D eigenvalue weighted by atomic mass is 9.94. The number of rotatable bonds is 8. The van der Waals surface area contributed by atoms with Crippen molar-refractivity contribution in [2.24, 2.45) is 11.8 Å². The van der Waals surface area contributed by atoms with E-state index >= 15 is 0 Å². The molecule has 0 spiro atoms. The van der Waals surface area contributed by atoms with Gasteiger partial charge in [-0.25, -0.2) is 9.48 Å². The lowest BCUT2D eigenvalue weighted by molar-refractivity contribution is 0.0516. The molecule has 1 unspecified atom stereocenters. The second kappa shape index (κ2) is 9.21. The molecule has 0 aromatic carbocycles. The molecule has 0 bridgehead atoms. The van der Waals surface area contributed by atoms with Crippen LogP contribution in [0.3, 0.4) is 0 Å². The lowest BCUT2D eigenvalue weighted by Crippen LogP contribution is -2.36. The van der Waals surface area contributed by atoms with E-state index in [2.05, 4.69) is 40.8 Å². The largest absolute Gasteiger partial charge is 0.444 e. The molecule has 8 nitrogen and oxygen atoms in total. The number of tetrazole rings is 1. The molecule has 0 saturated heterocycles. The Bertz CT molecular complexity index is 556. The van der Waals surface area contributed by atoms with Crippen LogP contribution in [0.25, 0.3) is 0 Å². The number of amides is 1. The monoisotopic (exact) mass is 336 g/mol. The number of nitrogens with zero attached hydrogens (tertiary/aromatic N) is 5. The number of hydrogen-bond acceptors (Lipinski definition) is 6. The standard InChI is InChI=1S/C16H28N6O2/c1-12(2)9-13(11-18-15(23)24-16(3,4)5)10-14-19-20-21-22(14)8-6-7-17/h12-13H,6,8-11H2,1-5H3,(H,18,23). The van der Waals surface area contributed by atoms with Crippen molar-refractivity contribution < 1.29 is 9.53 Å². The minimum Gasteiger partial charge on any atom is -0.444 e. The highest BCUT2D eigenvalue weighted by atomic mass is 16.6. The van der Waals surface area contributed by atoms with E-state index in [4.69, 9.17) is 10.00 Å². The van der Waals surface area contributed by atoms with Gasteiger partial charge in [0.25, 0.3) is 0 Å². The zero-order chi connectivity index (χ0) is 18.2. The van der Waals surface area contributed by atoms with Crippen molar-refractivity contribution in [3.05, 3.63) is 5.82 Å². The third-order valence-electron chi connectivity index (χ3n) is 3.25. The van der Waals surface area contributed by atoms with Gasteiger partial charge in [-0.15, -0.1) is 5.10 Å². The maximum absolute atomic E-state index is 11.8. The van der Waals surface area contributed by atoms with Crippen molar-refractivity contribution in [1.29, 1.82) is 5.26 Å². The quantitative estimate of drug-likeness (QED) is 0.781. The Balaban J connectivity index is 2.64. The fourth-order valence-electron chi connectivity index (χ4n) is 2.40. The van der Waals surface area contributed by atoms with Crippen molar-refractivity contribution in [3.63, 3.8) is 0 Å². The molecule has 0 aliphatic heterocycles. The molecule has 134 valence electrons. The number of carbonyl (C=O) groups excluding carboxylic acids is 1. The Kier molecular flexibility index (Phi) is 7.62. The molecule has 24 heavy (non-hydrogen) atoms. The molecular weight excluding hydrogens is 308 g/mol. The summed E-state index contributed by atoms with van der Waals surface area (Å²) in [6.07, 6.45) is 1.52. The number of ether oxygens (including phenoxy) is 1. The third-order valence-corrected chi connectivity index (χ3v) is 3.25. The summed E-state index contributed by atoms with van der Waals surface area (Å²) >= 11 is 0. The molecule has 8 heteroatoms. The van der Waals surface area contributed by atoms with Gasteiger partial charge >= 0.3 is 6.09 Å². The van der Waals surface area contributed by atoms with Crippen LogP contribution in [0.1, 0.15) is 53.3 Å². The molecule has 1 atom stereocenters. The highest BCUT2D eigenvalue weighted by Crippen LogP contribution is 2.16. The molecule has 0 radical (unpaired) electrons. The number of hydrogen-bond donors (Lipinski definition) is 1. The van der Waals surface area contributed by atoms with Crippen LogP contribution in [0.5, 0.6) is 0 Å². The molecule has 1 aromatic rings. The van der Waals surface area contributed by atoms with Gasteiger partial charge in [-0.2, -0.15) is 5.26 Å². The van der Waals surface area contributed by atoms with Crippen molar-refractivity contribution in [1.82, 2.24) is 25.5 Å². The van der Waals surface area contributed by atoms with Gasteiger partial charge in [0.2, 0.25) is 0 Å². The summed E-state index contributed by atoms with van der Waals surface area (Å²) in [5.74, 6) is 1.42. The van der Waals surface area contributed by atoms with E-state index in [1.165, 1.54) is 0 Å². The second-order valence-corrected chi connectivity index (χ2v) is 7.31. The average molecular weight is 336 g/mol. The second-order valence-electron chi connectivity index (χ2n) is 7.31. The summed E-state index contributed by atoms with van der Waals surface area (Å²) in [5, 5.41) is 23.2. The highest BCUT2D eigenvalue weighted by molar-refractivity contribution is 5.67. The van der Waals surface area contributed by atoms with Gasteiger partial charge in [0.05, 0.1) is 19.0 Å². The van der Waals surface area contributed by atoms with Crippen LogP contribution in [-0.4, -0.2) is 38.4 Å². The van der Waals surface area contributed by atoms with E-state index in [0.717, 1.165) is 12.2 Å². The van der Waals surface area contributed by atoms with Crippen LogP contribution in [0, 0.1) is 23.2 Å². The van der Waals surface area contributed by atoms with Gasteiger partial charge in [0.15, 0.2) is 5.82 Å². The van der Waals surface area contributed by atoms with Crippen LogP contribution in [0.2, 0.25) is 0 Å². The van der Waals surface area contributed by atoms with Crippen LogP contribution in [0.4, 0.5) is 4.79 Å². The summed E-state index contributed by atoms with van der Waals surface area (Å²) in [5.41, 5.74) is -0.515. The Morgan fingerprint density at radius 3 is 2.71 bits per heavy atom.